The summed E-state index contributed by atoms with van der Waals surface area (Å²) in [4.78, 5) is 0. The van der Waals surface area contributed by atoms with Gasteiger partial charge in [0.2, 0.25) is 0 Å². The molecule has 0 saturated carbocycles. The molecule has 0 spiro atoms. The van der Waals surface area contributed by atoms with Gasteiger partial charge in [-0.25, -0.2) is 0 Å². The number of nitrogens with one attached hydrogen (secondary N) is 1. The first-order valence-electron chi connectivity index (χ1n) is 4.60. The summed E-state index contributed by atoms with van der Waals surface area (Å²) in [6, 6.07) is 10.6. The van der Waals surface area contributed by atoms with Gasteiger partial charge in [0.15, 0.2) is 0 Å². The number of hydrogen-bond acceptors (Lipinski definition) is 1. The second kappa shape index (κ2) is 4.94. The first-order chi connectivity index (χ1) is 5.84. The molecular weight excluding hydrogens is 146 g/mol. The van der Waals surface area contributed by atoms with E-state index in [1.807, 2.05) is 0 Å². The molecule has 1 aromatic rings. The van der Waals surface area contributed by atoms with Crippen LogP contribution in [-0.4, -0.2) is 13.1 Å². The zero-order chi connectivity index (χ0) is 8.81. The highest BCUT2D eigenvalue weighted by atomic mass is 14.8. The molecule has 0 amide bonds. The van der Waals surface area contributed by atoms with E-state index in [1.165, 1.54) is 5.56 Å². The van der Waals surface area contributed by atoms with Crippen LogP contribution in [0.4, 0.5) is 0 Å². The summed E-state index contributed by atoms with van der Waals surface area (Å²) in [6.45, 7) is 6.51. The molecule has 66 valence electrons. The maximum Gasteiger partial charge on any atom is 0.00173 e. The number of hydrogen-bond donors (Lipinski definition) is 1. The average Bonchev–Trinajstić information content (AvgIpc) is 2.15. The molecule has 0 heterocycles. The predicted octanol–water partition coefficient (Wildman–Crippen LogP) is 2.40. The van der Waals surface area contributed by atoms with Crippen molar-refractivity contribution in [3.8, 4) is 0 Å². The monoisotopic (exact) mass is 163 g/mol. The fourth-order valence-electron chi connectivity index (χ4n) is 1.26. The summed E-state index contributed by atoms with van der Waals surface area (Å²) in [6.07, 6.45) is 0. The molecule has 0 unspecified atom stereocenters. The summed E-state index contributed by atoms with van der Waals surface area (Å²) in [5.41, 5.74) is 1.42. The van der Waals surface area contributed by atoms with E-state index in [0.29, 0.717) is 5.92 Å². The minimum absolute atomic E-state index is 0.617. The van der Waals surface area contributed by atoms with E-state index in [0.717, 1.165) is 13.1 Å². The van der Waals surface area contributed by atoms with Crippen LogP contribution in [0.3, 0.4) is 0 Å². The van der Waals surface area contributed by atoms with Crippen LogP contribution in [0.5, 0.6) is 0 Å². The molecule has 12 heavy (non-hydrogen) atoms. The Hall–Kier alpha value is -0.820. The van der Waals surface area contributed by atoms with E-state index in [1.54, 1.807) is 0 Å². The summed E-state index contributed by atoms with van der Waals surface area (Å²) in [7, 11) is 0. The minimum Gasteiger partial charge on any atom is -0.316 e. The number of likely N-dealkylation sites (N-methyl/N-ethyl adjacent to an activating group) is 1. The molecule has 1 nitrogen and oxygen atoms in total. The Kier molecular flexibility index (Phi) is 3.81. The smallest absolute Gasteiger partial charge is 0.00173 e. The lowest BCUT2D eigenvalue weighted by atomic mass is 10.0. The Balaban J connectivity index is 2.48. The Morgan fingerprint density at radius 3 is 2.50 bits per heavy atom. The fourth-order valence-corrected chi connectivity index (χ4v) is 1.26. The van der Waals surface area contributed by atoms with Crippen molar-refractivity contribution in [1.29, 1.82) is 0 Å². The lowest BCUT2D eigenvalue weighted by Gasteiger charge is -2.11. The van der Waals surface area contributed by atoms with Gasteiger partial charge in [-0.2, -0.15) is 0 Å². The van der Waals surface area contributed by atoms with Crippen molar-refractivity contribution in [3.63, 3.8) is 0 Å². The van der Waals surface area contributed by atoms with Crippen LogP contribution in [0.25, 0.3) is 0 Å². The molecule has 0 bridgehead atoms. The molecule has 0 radical (unpaired) electrons. The van der Waals surface area contributed by atoms with Gasteiger partial charge < -0.3 is 5.32 Å². The first-order valence-corrected chi connectivity index (χ1v) is 4.60. The third kappa shape index (κ3) is 2.67. The molecule has 1 rings (SSSR count). The highest BCUT2D eigenvalue weighted by molar-refractivity contribution is 5.18. The van der Waals surface area contributed by atoms with E-state index in [9.17, 15) is 0 Å². The SMILES string of the molecule is CCNC[C@H](C)c1ccccc1. The van der Waals surface area contributed by atoms with E-state index in [2.05, 4.69) is 49.5 Å². The van der Waals surface area contributed by atoms with E-state index >= 15 is 0 Å². The van der Waals surface area contributed by atoms with Crippen molar-refractivity contribution in [2.45, 2.75) is 19.8 Å². The van der Waals surface area contributed by atoms with Crippen LogP contribution in [0, 0.1) is 0 Å². The second-order valence-electron chi connectivity index (χ2n) is 3.12. The molecule has 0 aliphatic rings. The predicted molar refractivity (Wildman–Crippen MR) is 53.4 cm³/mol. The zero-order valence-corrected chi connectivity index (χ0v) is 7.88. The molecule has 0 aliphatic carbocycles. The van der Waals surface area contributed by atoms with E-state index in [-0.39, 0.29) is 0 Å². The van der Waals surface area contributed by atoms with Crippen molar-refractivity contribution < 1.29 is 0 Å². The average molecular weight is 163 g/mol. The van der Waals surface area contributed by atoms with Crippen LogP contribution in [0.15, 0.2) is 30.3 Å². The molecule has 1 heteroatoms. The molecule has 0 saturated heterocycles. The topological polar surface area (TPSA) is 12.0 Å². The minimum atomic E-state index is 0.617. The van der Waals surface area contributed by atoms with Crippen LogP contribution in [0.2, 0.25) is 0 Å². The van der Waals surface area contributed by atoms with Gasteiger partial charge in [0.25, 0.3) is 0 Å². The highest BCUT2D eigenvalue weighted by Gasteiger charge is 2.01. The molecule has 0 aromatic heterocycles. The Morgan fingerprint density at radius 1 is 1.25 bits per heavy atom. The van der Waals surface area contributed by atoms with Crippen molar-refractivity contribution >= 4 is 0 Å². The summed E-state index contributed by atoms with van der Waals surface area (Å²) < 4.78 is 0. The van der Waals surface area contributed by atoms with Crippen molar-refractivity contribution in [1.82, 2.24) is 5.32 Å². The first kappa shape index (κ1) is 9.27. The third-order valence-electron chi connectivity index (χ3n) is 2.07. The van der Waals surface area contributed by atoms with Crippen LogP contribution in [0.1, 0.15) is 25.3 Å². The molecule has 0 aliphatic heterocycles. The van der Waals surface area contributed by atoms with Crippen molar-refractivity contribution in [3.05, 3.63) is 35.9 Å². The maximum absolute atomic E-state index is 3.35. The van der Waals surface area contributed by atoms with E-state index in [4.69, 9.17) is 0 Å². The largest absolute Gasteiger partial charge is 0.316 e. The van der Waals surface area contributed by atoms with Gasteiger partial charge in [-0.3, -0.25) is 0 Å². The molecular formula is C11H17N. The lowest BCUT2D eigenvalue weighted by molar-refractivity contribution is 0.635. The van der Waals surface area contributed by atoms with Gasteiger partial charge >= 0.3 is 0 Å². The molecule has 1 N–H and O–H groups in total. The Bertz CT molecular complexity index is 206. The Labute approximate surface area is 74.8 Å². The van der Waals surface area contributed by atoms with Gasteiger partial charge in [-0.15, -0.1) is 0 Å². The third-order valence-corrected chi connectivity index (χ3v) is 2.07. The lowest BCUT2D eigenvalue weighted by Crippen LogP contribution is -2.19. The van der Waals surface area contributed by atoms with Gasteiger partial charge in [0.05, 0.1) is 0 Å². The van der Waals surface area contributed by atoms with Crippen LogP contribution in [-0.2, 0) is 0 Å². The highest BCUT2D eigenvalue weighted by Crippen LogP contribution is 2.12. The fraction of sp³-hybridized carbons (Fsp3) is 0.455. The molecule has 1 aromatic carbocycles. The van der Waals surface area contributed by atoms with Crippen molar-refractivity contribution in [2.75, 3.05) is 13.1 Å². The quantitative estimate of drug-likeness (QED) is 0.718. The summed E-state index contributed by atoms with van der Waals surface area (Å²) >= 11 is 0. The van der Waals surface area contributed by atoms with Crippen LogP contribution >= 0.6 is 0 Å². The Morgan fingerprint density at radius 2 is 1.92 bits per heavy atom. The molecule has 0 fully saturated rings. The maximum atomic E-state index is 3.35. The summed E-state index contributed by atoms with van der Waals surface area (Å²) in [5, 5.41) is 3.35. The van der Waals surface area contributed by atoms with Crippen molar-refractivity contribution in [2.24, 2.45) is 0 Å². The van der Waals surface area contributed by atoms with Gasteiger partial charge in [-0.1, -0.05) is 44.2 Å². The zero-order valence-electron chi connectivity index (χ0n) is 7.88. The normalized spacial score (nSPS) is 12.8. The summed E-state index contributed by atoms with van der Waals surface area (Å²) in [5.74, 6) is 0.617. The van der Waals surface area contributed by atoms with Gasteiger partial charge in [0, 0.05) is 6.54 Å². The van der Waals surface area contributed by atoms with Crippen LogP contribution < -0.4 is 5.32 Å². The molecule has 1 atom stereocenters. The van der Waals surface area contributed by atoms with Gasteiger partial charge in [-0.05, 0) is 18.0 Å². The van der Waals surface area contributed by atoms with E-state index < -0.39 is 0 Å². The second-order valence-corrected chi connectivity index (χ2v) is 3.12. The standard InChI is InChI=1S/C11H17N/c1-3-12-9-10(2)11-7-5-4-6-8-11/h4-8,10,12H,3,9H2,1-2H3/t10-/m0/s1. The number of rotatable bonds is 4. The van der Waals surface area contributed by atoms with Gasteiger partial charge in [0.1, 0.15) is 0 Å². The number of benzene rings is 1.